The van der Waals surface area contributed by atoms with Crippen LogP contribution in [-0.4, -0.2) is 24.6 Å². The highest BCUT2D eigenvalue weighted by molar-refractivity contribution is 7.13. The Kier molecular flexibility index (Phi) is 5.17. The molecule has 8 heteroatoms. The van der Waals surface area contributed by atoms with Crippen LogP contribution in [0.15, 0.2) is 51.1 Å². The fraction of sp³-hybridized carbons (Fsp3) is 0.240. The molecule has 0 bridgehead atoms. The van der Waals surface area contributed by atoms with Crippen molar-refractivity contribution in [3.8, 4) is 11.5 Å². The minimum absolute atomic E-state index is 0.0452. The van der Waals surface area contributed by atoms with Gasteiger partial charge >= 0.3 is 0 Å². The van der Waals surface area contributed by atoms with Gasteiger partial charge in [0.15, 0.2) is 22.1 Å². The van der Waals surface area contributed by atoms with Crippen molar-refractivity contribution in [1.82, 2.24) is 4.98 Å². The monoisotopic (exact) mass is 462 g/mol. The Morgan fingerprint density at radius 1 is 1.12 bits per heavy atom. The number of amides is 1. The first kappa shape index (κ1) is 21.2. The average Bonchev–Trinajstić information content (AvgIpc) is 3.42. The third-order valence-electron chi connectivity index (χ3n) is 5.92. The summed E-state index contributed by atoms with van der Waals surface area (Å²) in [4.78, 5) is 33.2. The van der Waals surface area contributed by atoms with Crippen LogP contribution >= 0.6 is 11.3 Å². The number of fused-ring (bicyclic) bond motifs is 2. The molecule has 0 aliphatic carbocycles. The molecule has 1 aliphatic rings. The molecule has 1 aliphatic heterocycles. The first-order chi connectivity index (χ1) is 15.9. The lowest BCUT2D eigenvalue weighted by molar-refractivity contribution is 0.0971. The Morgan fingerprint density at radius 2 is 1.91 bits per heavy atom. The molecule has 5 rings (SSSR count). The molecule has 33 heavy (non-hydrogen) atoms. The summed E-state index contributed by atoms with van der Waals surface area (Å²) in [6.45, 7) is 6.27. The molecule has 2 aromatic heterocycles. The maximum atomic E-state index is 13.7. The highest BCUT2D eigenvalue weighted by Gasteiger charge is 2.45. The molecular formula is C25H22N2O5S. The van der Waals surface area contributed by atoms with E-state index in [1.165, 1.54) is 16.2 Å². The molecule has 0 saturated carbocycles. The zero-order valence-corrected chi connectivity index (χ0v) is 19.5. The number of anilines is 1. The van der Waals surface area contributed by atoms with Gasteiger partial charge in [-0.05, 0) is 61.7 Å². The zero-order chi connectivity index (χ0) is 23.3. The van der Waals surface area contributed by atoms with Gasteiger partial charge in [-0.1, -0.05) is 6.07 Å². The number of hydrogen-bond acceptors (Lipinski definition) is 7. The van der Waals surface area contributed by atoms with Crippen LogP contribution in [0.25, 0.3) is 11.0 Å². The van der Waals surface area contributed by atoms with Crippen LogP contribution in [0.2, 0.25) is 0 Å². The molecule has 1 amide bonds. The molecule has 0 radical (unpaired) electrons. The Hall–Kier alpha value is -3.65. The van der Waals surface area contributed by atoms with Crippen molar-refractivity contribution < 1.29 is 18.7 Å². The van der Waals surface area contributed by atoms with Crippen molar-refractivity contribution in [2.45, 2.75) is 26.8 Å². The summed E-state index contributed by atoms with van der Waals surface area (Å²) in [6.07, 6.45) is 1.63. The number of thiazole rings is 1. The van der Waals surface area contributed by atoms with E-state index >= 15 is 0 Å². The van der Waals surface area contributed by atoms with Crippen molar-refractivity contribution in [2.24, 2.45) is 0 Å². The second-order valence-electron chi connectivity index (χ2n) is 7.84. The summed E-state index contributed by atoms with van der Waals surface area (Å²) in [5.41, 5.74) is 3.15. The molecule has 0 fully saturated rings. The molecule has 0 N–H and O–H groups in total. The van der Waals surface area contributed by atoms with E-state index in [2.05, 4.69) is 4.98 Å². The van der Waals surface area contributed by atoms with Crippen LogP contribution in [0.3, 0.4) is 0 Å². The number of nitrogens with zero attached hydrogens (tertiary/aromatic N) is 2. The number of aryl methyl sites for hydroxylation is 2. The van der Waals surface area contributed by atoms with Gasteiger partial charge in [-0.2, -0.15) is 0 Å². The van der Waals surface area contributed by atoms with Crippen LogP contribution in [0.5, 0.6) is 11.5 Å². The number of methoxy groups -OCH3 is 1. The number of benzene rings is 2. The number of carbonyl (C=O) groups excluding carboxylic acids is 1. The van der Waals surface area contributed by atoms with E-state index in [1.807, 2.05) is 32.9 Å². The van der Waals surface area contributed by atoms with Gasteiger partial charge in [-0.3, -0.25) is 14.5 Å². The van der Waals surface area contributed by atoms with Gasteiger partial charge in [-0.15, -0.1) is 11.3 Å². The van der Waals surface area contributed by atoms with Crippen LogP contribution in [0.1, 0.15) is 45.8 Å². The highest BCUT2D eigenvalue weighted by atomic mass is 32.1. The van der Waals surface area contributed by atoms with Gasteiger partial charge in [0.05, 0.1) is 30.7 Å². The first-order valence-corrected chi connectivity index (χ1v) is 11.4. The lowest BCUT2D eigenvalue weighted by Gasteiger charge is -2.23. The number of ether oxygens (including phenoxy) is 2. The van der Waals surface area contributed by atoms with Gasteiger partial charge in [0, 0.05) is 11.6 Å². The van der Waals surface area contributed by atoms with Crippen LogP contribution < -0.4 is 19.8 Å². The predicted molar refractivity (Wildman–Crippen MR) is 127 cm³/mol. The van der Waals surface area contributed by atoms with Crippen molar-refractivity contribution in [2.75, 3.05) is 18.6 Å². The first-order valence-electron chi connectivity index (χ1n) is 10.6. The van der Waals surface area contributed by atoms with Gasteiger partial charge in [0.2, 0.25) is 5.76 Å². The molecule has 4 aromatic rings. The second-order valence-corrected chi connectivity index (χ2v) is 8.72. The van der Waals surface area contributed by atoms with Crippen LogP contribution in [0.4, 0.5) is 5.13 Å². The SMILES string of the molecule is CCOc1ccc(C2c3c(oc4cc(C)c(C)cc4c3=O)C(=O)N2c2nccs2)cc1OC. The summed E-state index contributed by atoms with van der Waals surface area (Å²) in [6, 6.07) is 8.35. The van der Waals surface area contributed by atoms with Crippen molar-refractivity contribution in [1.29, 1.82) is 0 Å². The summed E-state index contributed by atoms with van der Waals surface area (Å²) >= 11 is 1.32. The van der Waals surface area contributed by atoms with E-state index in [9.17, 15) is 9.59 Å². The van der Waals surface area contributed by atoms with Crippen molar-refractivity contribution in [3.05, 3.63) is 80.1 Å². The molecular weight excluding hydrogens is 440 g/mol. The fourth-order valence-electron chi connectivity index (χ4n) is 4.20. The van der Waals surface area contributed by atoms with Gasteiger partial charge in [0.25, 0.3) is 5.91 Å². The number of hydrogen-bond donors (Lipinski definition) is 0. The normalized spacial score (nSPS) is 15.2. The molecule has 0 saturated heterocycles. The summed E-state index contributed by atoms with van der Waals surface area (Å²) in [5, 5.41) is 2.73. The highest BCUT2D eigenvalue weighted by Crippen LogP contribution is 2.43. The van der Waals surface area contributed by atoms with E-state index in [0.29, 0.717) is 45.3 Å². The van der Waals surface area contributed by atoms with Gasteiger partial charge < -0.3 is 13.9 Å². The Balaban J connectivity index is 1.79. The number of aromatic nitrogens is 1. The van der Waals surface area contributed by atoms with E-state index < -0.39 is 11.9 Å². The Labute approximate surface area is 194 Å². The molecule has 0 spiro atoms. The molecule has 1 atom stereocenters. The van der Waals surface area contributed by atoms with Crippen LogP contribution in [0, 0.1) is 13.8 Å². The van der Waals surface area contributed by atoms with Gasteiger partial charge in [-0.25, -0.2) is 4.98 Å². The largest absolute Gasteiger partial charge is 0.493 e. The lowest BCUT2D eigenvalue weighted by atomic mass is 9.97. The predicted octanol–water partition coefficient (Wildman–Crippen LogP) is 5.02. The van der Waals surface area contributed by atoms with Crippen molar-refractivity contribution >= 4 is 33.3 Å². The van der Waals surface area contributed by atoms with E-state index in [0.717, 1.165) is 11.1 Å². The minimum Gasteiger partial charge on any atom is -0.493 e. The average molecular weight is 463 g/mol. The smallest absolute Gasteiger partial charge is 0.297 e. The zero-order valence-electron chi connectivity index (χ0n) is 18.7. The fourth-order valence-corrected chi connectivity index (χ4v) is 4.87. The Bertz CT molecular complexity index is 1440. The summed E-state index contributed by atoms with van der Waals surface area (Å²) in [7, 11) is 1.56. The standard InChI is InChI=1S/C25H22N2O5S/c1-5-31-17-7-6-15(12-19(17)30-4)21-20-22(28)16-10-13(2)14(3)11-18(16)32-23(20)24(29)27(21)25-26-8-9-33-25/h6-12,21H,5H2,1-4H3. The van der Waals surface area contributed by atoms with Gasteiger partial charge in [0.1, 0.15) is 5.58 Å². The third kappa shape index (κ3) is 3.29. The molecule has 168 valence electrons. The minimum atomic E-state index is -0.703. The number of rotatable bonds is 5. The molecule has 3 heterocycles. The maximum absolute atomic E-state index is 13.7. The van der Waals surface area contributed by atoms with E-state index in [-0.39, 0.29) is 11.2 Å². The van der Waals surface area contributed by atoms with E-state index in [4.69, 9.17) is 13.9 Å². The summed E-state index contributed by atoms with van der Waals surface area (Å²) in [5.74, 6) is 0.760. The van der Waals surface area contributed by atoms with Crippen LogP contribution in [-0.2, 0) is 0 Å². The maximum Gasteiger partial charge on any atom is 0.297 e. The Morgan fingerprint density at radius 3 is 2.61 bits per heavy atom. The topological polar surface area (TPSA) is 81.9 Å². The molecule has 1 unspecified atom stereocenters. The lowest BCUT2D eigenvalue weighted by Crippen LogP contribution is -2.29. The number of carbonyl (C=O) groups is 1. The molecule has 2 aromatic carbocycles. The second kappa shape index (κ2) is 8.04. The van der Waals surface area contributed by atoms with E-state index in [1.54, 1.807) is 36.9 Å². The molecule has 7 nitrogen and oxygen atoms in total. The summed E-state index contributed by atoms with van der Waals surface area (Å²) < 4.78 is 17.2. The third-order valence-corrected chi connectivity index (χ3v) is 6.69. The van der Waals surface area contributed by atoms with Crippen molar-refractivity contribution in [3.63, 3.8) is 0 Å². The quantitative estimate of drug-likeness (QED) is 0.414.